The van der Waals surface area contributed by atoms with Crippen LogP contribution in [0.25, 0.3) is 0 Å². The Bertz CT molecular complexity index is 566. The van der Waals surface area contributed by atoms with Crippen molar-refractivity contribution >= 4 is 15.9 Å². The van der Waals surface area contributed by atoms with Crippen LogP contribution in [0.5, 0.6) is 5.75 Å². The Morgan fingerprint density at radius 3 is 2.61 bits per heavy atom. The zero-order valence-electron chi connectivity index (χ0n) is 10.3. The molecule has 0 saturated heterocycles. The van der Waals surface area contributed by atoms with E-state index in [-0.39, 0.29) is 5.82 Å². The number of hydrogen-bond acceptors (Lipinski definition) is 1. The molecule has 0 aromatic heterocycles. The standard InChI is InChI=1S/C15H14BrFO/c1-10-3-4-11(2)12(7-10)9-18-13-5-6-15(17)14(16)8-13/h3-8H,9H2,1-2H3. The second-order valence-electron chi connectivity index (χ2n) is 4.29. The minimum Gasteiger partial charge on any atom is -0.489 e. The molecule has 0 heterocycles. The van der Waals surface area contributed by atoms with Crippen LogP contribution >= 0.6 is 15.9 Å². The van der Waals surface area contributed by atoms with Crippen molar-refractivity contribution in [2.24, 2.45) is 0 Å². The molecular weight excluding hydrogens is 295 g/mol. The van der Waals surface area contributed by atoms with Crippen LogP contribution in [-0.4, -0.2) is 0 Å². The molecule has 2 aromatic rings. The first-order chi connectivity index (χ1) is 8.56. The van der Waals surface area contributed by atoms with Gasteiger partial charge in [-0.25, -0.2) is 4.39 Å². The second-order valence-corrected chi connectivity index (χ2v) is 5.15. The molecule has 3 heteroatoms. The van der Waals surface area contributed by atoms with Gasteiger partial charge in [0.2, 0.25) is 0 Å². The van der Waals surface area contributed by atoms with Crippen LogP contribution < -0.4 is 4.74 Å². The van der Waals surface area contributed by atoms with Gasteiger partial charge in [-0.15, -0.1) is 0 Å². The zero-order chi connectivity index (χ0) is 13.1. The monoisotopic (exact) mass is 308 g/mol. The van der Waals surface area contributed by atoms with Crippen molar-refractivity contribution < 1.29 is 9.13 Å². The van der Waals surface area contributed by atoms with Crippen LogP contribution in [0, 0.1) is 19.7 Å². The molecule has 0 N–H and O–H groups in total. The topological polar surface area (TPSA) is 9.23 Å². The van der Waals surface area contributed by atoms with Gasteiger partial charge in [-0.1, -0.05) is 23.8 Å². The molecule has 0 unspecified atom stereocenters. The van der Waals surface area contributed by atoms with Crippen LogP contribution in [0.3, 0.4) is 0 Å². The summed E-state index contributed by atoms with van der Waals surface area (Å²) in [4.78, 5) is 0. The lowest BCUT2D eigenvalue weighted by atomic mass is 10.1. The summed E-state index contributed by atoms with van der Waals surface area (Å²) in [6, 6.07) is 10.9. The molecule has 1 nitrogen and oxygen atoms in total. The summed E-state index contributed by atoms with van der Waals surface area (Å²) in [5.41, 5.74) is 3.55. The smallest absolute Gasteiger partial charge is 0.137 e. The SMILES string of the molecule is Cc1ccc(C)c(COc2ccc(F)c(Br)c2)c1. The highest BCUT2D eigenvalue weighted by atomic mass is 79.9. The fraction of sp³-hybridized carbons (Fsp3) is 0.200. The highest BCUT2D eigenvalue weighted by molar-refractivity contribution is 9.10. The summed E-state index contributed by atoms with van der Waals surface area (Å²) in [7, 11) is 0. The van der Waals surface area contributed by atoms with E-state index >= 15 is 0 Å². The summed E-state index contributed by atoms with van der Waals surface area (Å²) in [5.74, 6) is 0.373. The van der Waals surface area contributed by atoms with Crippen LogP contribution in [0.2, 0.25) is 0 Å². The lowest BCUT2D eigenvalue weighted by molar-refractivity contribution is 0.304. The number of hydrogen-bond donors (Lipinski definition) is 0. The van der Waals surface area contributed by atoms with Gasteiger partial charge in [-0.05, 0) is 59.1 Å². The Labute approximate surface area is 115 Å². The Morgan fingerprint density at radius 1 is 1.11 bits per heavy atom. The maximum atomic E-state index is 13.1. The maximum Gasteiger partial charge on any atom is 0.137 e. The lowest BCUT2D eigenvalue weighted by Gasteiger charge is -2.10. The average Bonchev–Trinajstić information content (AvgIpc) is 2.34. The van der Waals surface area contributed by atoms with Gasteiger partial charge in [0.05, 0.1) is 4.47 Å². The van der Waals surface area contributed by atoms with Crippen LogP contribution in [0.1, 0.15) is 16.7 Å². The number of aryl methyl sites for hydroxylation is 2. The van der Waals surface area contributed by atoms with Crippen LogP contribution in [0.4, 0.5) is 4.39 Å². The fourth-order valence-corrected chi connectivity index (χ4v) is 2.04. The van der Waals surface area contributed by atoms with E-state index in [9.17, 15) is 4.39 Å². The predicted molar refractivity (Wildman–Crippen MR) is 74.3 cm³/mol. The van der Waals surface area contributed by atoms with E-state index in [1.165, 1.54) is 17.2 Å². The van der Waals surface area contributed by atoms with E-state index in [4.69, 9.17) is 4.74 Å². The van der Waals surface area contributed by atoms with Gasteiger partial charge in [0.15, 0.2) is 0 Å². The quantitative estimate of drug-likeness (QED) is 0.792. The van der Waals surface area contributed by atoms with Gasteiger partial charge >= 0.3 is 0 Å². The minimum atomic E-state index is -0.283. The first-order valence-corrected chi connectivity index (χ1v) is 6.49. The van der Waals surface area contributed by atoms with Gasteiger partial charge in [0, 0.05) is 0 Å². The van der Waals surface area contributed by atoms with E-state index in [2.05, 4.69) is 48.0 Å². The summed E-state index contributed by atoms with van der Waals surface area (Å²) < 4.78 is 19.2. The van der Waals surface area contributed by atoms with Crippen molar-refractivity contribution in [2.75, 3.05) is 0 Å². The normalized spacial score (nSPS) is 10.4. The first kappa shape index (κ1) is 13.1. The maximum absolute atomic E-state index is 13.1. The Kier molecular flexibility index (Phi) is 4.02. The number of rotatable bonds is 3. The Morgan fingerprint density at radius 2 is 1.89 bits per heavy atom. The molecule has 0 amide bonds. The number of benzene rings is 2. The van der Waals surface area contributed by atoms with Crippen LogP contribution in [-0.2, 0) is 6.61 Å². The van der Waals surface area contributed by atoms with E-state index in [0.29, 0.717) is 16.8 Å². The fourth-order valence-electron chi connectivity index (χ4n) is 1.68. The molecule has 0 aliphatic rings. The minimum absolute atomic E-state index is 0.283. The van der Waals surface area contributed by atoms with Crippen molar-refractivity contribution in [3.8, 4) is 5.75 Å². The molecule has 0 spiro atoms. The zero-order valence-corrected chi connectivity index (χ0v) is 11.9. The van der Waals surface area contributed by atoms with Crippen molar-refractivity contribution in [3.05, 3.63) is 63.4 Å². The van der Waals surface area contributed by atoms with Crippen molar-refractivity contribution in [3.63, 3.8) is 0 Å². The predicted octanol–water partition coefficient (Wildman–Crippen LogP) is 4.78. The molecule has 0 radical (unpaired) electrons. The molecule has 0 aliphatic carbocycles. The molecule has 2 aromatic carbocycles. The average molecular weight is 309 g/mol. The van der Waals surface area contributed by atoms with E-state index in [0.717, 1.165) is 5.56 Å². The highest BCUT2D eigenvalue weighted by Crippen LogP contribution is 2.23. The summed E-state index contributed by atoms with van der Waals surface area (Å²) >= 11 is 3.14. The Hall–Kier alpha value is -1.35. The second kappa shape index (κ2) is 5.53. The lowest BCUT2D eigenvalue weighted by Crippen LogP contribution is -1.98. The molecule has 0 saturated carbocycles. The van der Waals surface area contributed by atoms with Crippen molar-refractivity contribution in [1.29, 1.82) is 0 Å². The van der Waals surface area contributed by atoms with Crippen LogP contribution in [0.15, 0.2) is 40.9 Å². The van der Waals surface area contributed by atoms with E-state index in [1.54, 1.807) is 12.1 Å². The third-order valence-corrected chi connectivity index (χ3v) is 3.40. The third-order valence-electron chi connectivity index (χ3n) is 2.79. The Balaban J connectivity index is 2.11. The highest BCUT2D eigenvalue weighted by Gasteiger charge is 2.03. The molecule has 2 rings (SSSR count). The van der Waals surface area contributed by atoms with E-state index in [1.807, 2.05) is 0 Å². The molecule has 94 valence electrons. The molecule has 0 bridgehead atoms. The molecule has 0 aliphatic heterocycles. The third kappa shape index (κ3) is 3.10. The number of halogens is 2. The van der Waals surface area contributed by atoms with Gasteiger partial charge in [-0.3, -0.25) is 0 Å². The first-order valence-electron chi connectivity index (χ1n) is 5.70. The van der Waals surface area contributed by atoms with Crippen molar-refractivity contribution in [1.82, 2.24) is 0 Å². The summed E-state index contributed by atoms with van der Waals surface area (Å²) in [6.07, 6.45) is 0. The molecular formula is C15H14BrFO. The van der Waals surface area contributed by atoms with Gasteiger partial charge in [0.1, 0.15) is 18.2 Å². The molecule has 18 heavy (non-hydrogen) atoms. The van der Waals surface area contributed by atoms with Gasteiger partial charge in [-0.2, -0.15) is 0 Å². The summed E-state index contributed by atoms with van der Waals surface area (Å²) in [5, 5.41) is 0. The van der Waals surface area contributed by atoms with E-state index < -0.39 is 0 Å². The van der Waals surface area contributed by atoms with Crippen molar-refractivity contribution in [2.45, 2.75) is 20.5 Å². The summed E-state index contributed by atoms with van der Waals surface area (Å²) in [6.45, 7) is 4.60. The van der Waals surface area contributed by atoms with Gasteiger partial charge in [0.25, 0.3) is 0 Å². The molecule has 0 fully saturated rings. The van der Waals surface area contributed by atoms with Gasteiger partial charge < -0.3 is 4.74 Å². The number of ether oxygens (including phenoxy) is 1. The molecule has 0 atom stereocenters. The largest absolute Gasteiger partial charge is 0.489 e.